The van der Waals surface area contributed by atoms with E-state index in [1.165, 1.54) is 11.8 Å². The summed E-state index contributed by atoms with van der Waals surface area (Å²) in [4.78, 5) is 19.9. The number of para-hydroxylation sites is 1. The Kier molecular flexibility index (Phi) is 8.64. The Morgan fingerprint density at radius 2 is 1.46 bits per heavy atom. The number of amidine groups is 1. The molecule has 39 heavy (non-hydrogen) atoms. The molecule has 5 aromatic rings. The van der Waals surface area contributed by atoms with Crippen LogP contribution < -0.4 is 39.2 Å². The number of ether oxygens (including phenoxy) is 1. The van der Waals surface area contributed by atoms with Crippen LogP contribution in [0.25, 0.3) is 16.8 Å². The largest absolute Gasteiger partial charge is 1.00 e. The van der Waals surface area contributed by atoms with Crippen LogP contribution in [-0.2, 0) is 11.4 Å². The number of rotatable bonds is 6. The van der Waals surface area contributed by atoms with Crippen molar-refractivity contribution in [2.75, 3.05) is 4.90 Å². The predicted octanol–water partition coefficient (Wildman–Crippen LogP) is 5.03. The Morgan fingerprint density at radius 1 is 0.795 bits per heavy atom. The Balaban J connectivity index is 0.00000308. The molecule has 1 amide bonds. The third kappa shape index (κ3) is 6.35. The first-order valence-electron chi connectivity index (χ1n) is 12.3. The molecule has 5 aromatic carbocycles. The van der Waals surface area contributed by atoms with Crippen molar-refractivity contribution in [3.05, 3.63) is 143 Å². The van der Waals surface area contributed by atoms with E-state index >= 15 is 0 Å². The van der Waals surface area contributed by atoms with Gasteiger partial charge < -0.3 is 9.64 Å². The zero-order valence-electron chi connectivity index (χ0n) is 21.5. The molecule has 0 spiro atoms. The van der Waals surface area contributed by atoms with E-state index in [9.17, 15) is 4.79 Å². The summed E-state index contributed by atoms with van der Waals surface area (Å²) in [7, 11) is 0. The van der Waals surface area contributed by atoms with E-state index in [0.717, 1.165) is 39.0 Å². The van der Waals surface area contributed by atoms with Gasteiger partial charge in [0.25, 0.3) is 5.91 Å². The molecule has 4 nitrogen and oxygen atoms in total. The first-order chi connectivity index (χ1) is 18.7. The van der Waals surface area contributed by atoms with Crippen LogP contribution >= 0.6 is 11.8 Å². The zero-order chi connectivity index (χ0) is 25.7. The summed E-state index contributed by atoms with van der Waals surface area (Å²) in [6, 6.07) is 43.0. The van der Waals surface area contributed by atoms with E-state index in [1.807, 2.05) is 108 Å². The van der Waals surface area contributed by atoms with E-state index in [-0.39, 0.29) is 35.5 Å². The normalized spacial score (nSPS) is 13.7. The number of hydrogen-bond acceptors (Lipinski definition) is 4. The average molecular weight is 535 g/mol. The van der Waals surface area contributed by atoms with Crippen LogP contribution in [-0.4, -0.2) is 11.1 Å². The van der Waals surface area contributed by atoms with Gasteiger partial charge >= 0.3 is 29.6 Å². The molecule has 0 bridgehead atoms. The van der Waals surface area contributed by atoms with Crippen LogP contribution in [0, 0.1) is 6.07 Å². The standard InChI is InChI=1S/C33H23N2O2S.Na/c36-32-31(38-33(34-32)35(28-12-6-2-7-13-28)29-14-8-3-9-15-29)21-25-16-17-27-22-30(19-18-26(27)20-25)37-23-24-10-4-1-5-11-24;/h1-2,4-22H,23H2;/q-1;+1/b31-21-;. The van der Waals surface area contributed by atoms with Gasteiger partial charge in [-0.25, -0.2) is 0 Å². The van der Waals surface area contributed by atoms with Crippen molar-refractivity contribution in [1.29, 1.82) is 0 Å². The molecule has 0 aromatic heterocycles. The number of amides is 1. The maximum absolute atomic E-state index is 12.9. The number of anilines is 2. The molecule has 0 aliphatic carbocycles. The SMILES string of the molecule is O=C1N=C(N(c2cc[c-]cc2)c2ccccc2)S/C1=C\c1ccc2cc(OCc3ccccc3)ccc2c1.[Na+]. The molecule has 1 aliphatic rings. The quantitative estimate of drug-likeness (QED) is 0.174. The van der Waals surface area contributed by atoms with Crippen LogP contribution in [0.3, 0.4) is 0 Å². The van der Waals surface area contributed by atoms with Crippen molar-refractivity contribution in [2.45, 2.75) is 6.61 Å². The van der Waals surface area contributed by atoms with Gasteiger partial charge in [0.1, 0.15) is 12.4 Å². The van der Waals surface area contributed by atoms with E-state index < -0.39 is 0 Å². The van der Waals surface area contributed by atoms with Crippen molar-refractivity contribution in [3.8, 4) is 5.75 Å². The second-order valence-corrected chi connectivity index (χ2v) is 9.79. The molecule has 0 saturated heterocycles. The smallest absolute Gasteiger partial charge is 0.489 e. The molecule has 1 heterocycles. The van der Waals surface area contributed by atoms with E-state index in [0.29, 0.717) is 16.7 Å². The fourth-order valence-electron chi connectivity index (χ4n) is 4.28. The van der Waals surface area contributed by atoms with Gasteiger partial charge in [-0.3, -0.25) is 4.79 Å². The molecule has 0 saturated carbocycles. The molecule has 0 N–H and O–H groups in total. The molecular formula is C33H23N2NaO2S. The van der Waals surface area contributed by atoms with Gasteiger partial charge in [-0.15, -0.1) is 12.1 Å². The molecule has 0 fully saturated rings. The number of carbonyl (C=O) groups excluding carboxylic acids is 1. The first-order valence-corrected chi connectivity index (χ1v) is 13.1. The summed E-state index contributed by atoms with van der Waals surface area (Å²) in [5, 5.41) is 2.78. The van der Waals surface area contributed by atoms with Crippen LogP contribution in [0.5, 0.6) is 5.75 Å². The Labute approximate surface area is 254 Å². The maximum Gasteiger partial charge on any atom is 1.00 e. The second-order valence-electron chi connectivity index (χ2n) is 8.78. The summed E-state index contributed by atoms with van der Waals surface area (Å²) in [5.74, 6) is 0.588. The number of aliphatic imine (C=N–C) groups is 1. The first kappa shape index (κ1) is 27.0. The molecule has 184 valence electrons. The Bertz CT molecular complexity index is 1620. The minimum atomic E-state index is -0.238. The summed E-state index contributed by atoms with van der Waals surface area (Å²) < 4.78 is 5.98. The van der Waals surface area contributed by atoms with Crippen LogP contribution in [0.4, 0.5) is 11.4 Å². The monoisotopic (exact) mass is 534 g/mol. The number of carbonyl (C=O) groups is 1. The number of fused-ring (bicyclic) bond motifs is 1. The van der Waals surface area contributed by atoms with Gasteiger partial charge in [-0.2, -0.15) is 23.2 Å². The number of benzene rings is 5. The Morgan fingerprint density at radius 3 is 2.23 bits per heavy atom. The van der Waals surface area contributed by atoms with Gasteiger partial charge in [0, 0.05) is 5.69 Å². The molecule has 6 rings (SSSR count). The summed E-state index contributed by atoms with van der Waals surface area (Å²) in [5.41, 5.74) is 3.94. The van der Waals surface area contributed by atoms with Crippen molar-refractivity contribution >= 4 is 51.1 Å². The van der Waals surface area contributed by atoms with Crippen LogP contribution in [0.15, 0.2) is 131 Å². The van der Waals surface area contributed by atoms with Gasteiger partial charge in [0.05, 0.1) is 4.91 Å². The fraction of sp³-hybridized carbons (Fsp3) is 0.0303. The average Bonchev–Trinajstić information content (AvgIpc) is 3.32. The second kappa shape index (κ2) is 12.5. The van der Waals surface area contributed by atoms with Crippen molar-refractivity contribution in [3.63, 3.8) is 0 Å². The summed E-state index contributed by atoms with van der Waals surface area (Å²) in [6.07, 6.45) is 1.91. The molecule has 0 unspecified atom stereocenters. The van der Waals surface area contributed by atoms with Crippen molar-refractivity contribution in [2.24, 2.45) is 4.99 Å². The summed E-state index contributed by atoms with van der Waals surface area (Å²) >= 11 is 1.38. The minimum absolute atomic E-state index is 0. The molecule has 1 aliphatic heterocycles. The third-order valence-electron chi connectivity index (χ3n) is 6.16. The van der Waals surface area contributed by atoms with Gasteiger partial charge in [-0.1, -0.05) is 72.4 Å². The van der Waals surface area contributed by atoms with Gasteiger partial charge in [0.15, 0.2) is 5.17 Å². The third-order valence-corrected chi connectivity index (χ3v) is 7.12. The molecule has 0 atom stereocenters. The zero-order valence-corrected chi connectivity index (χ0v) is 24.3. The number of thioether (sulfide) groups is 1. The van der Waals surface area contributed by atoms with Crippen LogP contribution in [0.1, 0.15) is 11.1 Å². The van der Waals surface area contributed by atoms with E-state index in [4.69, 9.17) is 4.74 Å². The minimum Gasteiger partial charge on any atom is -0.489 e. The molecule has 0 radical (unpaired) electrons. The van der Waals surface area contributed by atoms with Crippen molar-refractivity contribution in [1.82, 2.24) is 0 Å². The van der Waals surface area contributed by atoms with E-state index in [2.05, 4.69) is 35.3 Å². The number of nitrogens with zero attached hydrogens (tertiary/aromatic N) is 2. The van der Waals surface area contributed by atoms with Gasteiger partial charge in [0.2, 0.25) is 0 Å². The number of hydrogen-bond donors (Lipinski definition) is 0. The topological polar surface area (TPSA) is 41.9 Å². The van der Waals surface area contributed by atoms with Crippen molar-refractivity contribution < 1.29 is 39.1 Å². The van der Waals surface area contributed by atoms with Crippen LogP contribution in [0.2, 0.25) is 0 Å². The predicted molar refractivity (Wildman–Crippen MR) is 157 cm³/mol. The summed E-state index contributed by atoms with van der Waals surface area (Å²) in [6.45, 7) is 0.527. The van der Waals surface area contributed by atoms with Gasteiger partial charge in [-0.05, 0) is 70.1 Å². The molecular weight excluding hydrogens is 511 g/mol. The molecule has 6 heteroatoms. The fourth-order valence-corrected chi connectivity index (χ4v) is 5.24. The maximum atomic E-state index is 12.9. The van der Waals surface area contributed by atoms with E-state index in [1.54, 1.807) is 0 Å². The Hall–Kier alpha value is -3.61.